The molecule has 3 fully saturated rings. The third-order valence-corrected chi connectivity index (χ3v) is 11.5. The highest BCUT2D eigenvalue weighted by molar-refractivity contribution is 6.07. The van der Waals surface area contributed by atoms with Gasteiger partial charge in [-0.2, -0.15) is 5.26 Å². The maximum Gasteiger partial charge on any atom is 0.320 e. The fraction of sp³-hybridized carbons (Fsp3) is 0.600. The predicted octanol–water partition coefficient (Wildman–Crippen LogP) is 0.0171. The Morgan fingerprint density at radius 2 is 1.52 bits per heavy atom. The Bertz CT molecular complexity index is 1930. The smallest absolute Gasteiger partial charge is 0.320 e. The fourth-order valence-electron chi connectivity index (χ4n) is 8.05. The first-order valence-corrected chi connectivity index (χ1v) is 20.3. The molecule has 0 aliphatic carbocycles. The number of benzene rings is 1. The van der Waals surface area contributed by atoms with Crippen molar-refractivity contribution >= 4 is 52.2 Å². The topological polar surface area (TPSA) is 234 Å². The van der Waals surface area contributed by atoms with Crippen LogP contribution in [0.5, 0.6) is 0 Å². The summed E-state index contributed by atoms with van der Waals surface area (Å²) in [6.07, 6.45) is 1.58. The molecule has 0 radical (unpaired) electrons. The van der Waals surface area contributed by atoms with Crippen LogP contribution in [-0.2, 0) is 24.0 Å². The van der Waals surface area contributed by atoms with Crippen molar-refractivity contribution in [1.29, 1.82) is 5.26 Å². The van der Waals surface area contributed by atoms with Crippen molar-refractivity contribution in [3.8, 4) is 6.07 Å². The molecule has 3 aliphatic rings. The van der Waals surface area contributed by atoms with Crippen molar-refractivity contribution in [2.45, 2.75) is 43.7 Å². The first kappa shape index (κ1) is 46.5. The number of halogens is 2. The minimum atomic E-state index is -3.16. The molecule has 1 aromatic carbocycles. The van der Waals surface area contributed by atoms with E-state index in [9.17, 15) is 58.1 Å². The van der Waals surface area contributed by atoms with Crippen LogP contribution in [0.2, 0.25) is 0 Å². The van der Waals surface area contributed by atoms with E-state index in [0.29, 0.717) is 56.7 Å². The van der Waals surface area contributed by atoms with Gasteiger partial charge in [-0.1, -0.05) is 0 Å². The molecule has 3 aliphatic heterocycles. The number of hydrogen-bond donors (Lipinski definition) is 4. The van der Waals surface area contributed by atoms with Crippen molar-refractivity contribution in [1.82, 2.24) is 39.7 Å². The summed E-state index contributed by atoms with van der Waals surface area (Å²) in [6.45, 7) is 3.49. The second-order valence-corrected chi connectivity index (χ2v) is 15.7. The summed E-state index contributed by atoms with van der Waals surface area (Å²) in [5.74, 6) is -7.83. The molecule has 19 nitrogen and oxygen atoms in total. The molecule has 0 bridgehead atoms. The molecule has 3 saturated heterocycles. The summed E-state index contributed by atoms with van der Waals surface area (Å²) >= 11 is 0. The zero-order valence-electron chi connectivity index (χ0n) is 34.3. The number of nitrogens with one attached hydrogen (secondary N) is 1. The number of hydrogen-bond acceptors (Lipinski definition) is 13. The van der Waals surface area contributed by atoms with Gasteiger partial charge in [-0.05, 0) is 43.7 Å². The van der Waals surface area contributed by atoms with Crippen LogP contribution >= 0.6 is 0 Å². The number of likely N-dealkylation sites (tertiary alicyclic amines) is 1. The van der Waals surface area contributed by atoms with Gasteiger partial charge in [0.1, 0.15) is 12.1 Å². The molecule has 21 heteroatoms. The van der Waals surface area contributed by atoms with E-state index in [2.05, 4.69) is 15.2 Å². The number of carboxylic acid groups (broad SMARTS) is 3. The Labute approximate surface area is 352 Å². The number of alkyl halides is 2. The van der Waals surface area contributed by atoms with E-state index in [4.69, 9.17) is 0 Å². The predicted molar refractivity (Wildman–Crippen MR) is 216 cm³/mol. The van der Waals surface area contributed by atoms with E-state index in [1.807, 2.05) is 24.1 Å². The van der Waals surface area contributed by atoms with Gasteiger partial charge in [-0.25, -0.2) is 8.78 Å². The summed E-state index contributed by atoms with van der Waals surface area (Å²) < 4.78 is 27.7. The SMILES string of the molecule is CN(CCCN1CCN(C(=O)CCC(C(=O)O)N2CCN(CC(=O)O)CCN(CC(=O)O)CC2)CC1)c1ccc2nccc(C(=O)NCC(=O)N3CC(F)(F)C[C@H]3C#N)c2c1. The highest BCUT2D eigenvalue weighted by atomic mass is 19.3. The summed E-state index contributed by atoms with van der Waals surface area (Å²) in [5, 5.41) is 41.1. The number of pyridine rings is 1. The second kappa shape index (κ2) is 21.3. The molecule has 61 heavy (non-hydrogen) atoms. The molecular formula is C40H54F2N10O9. The van der Waals surface area contributed by atoms with Gasteiger partial charge in [0.2, 0.25) is 11.8 Å². The molecule has 0 spiro atoms. The fourth-order valence-corrected chi connectivity index (χ4v) is 8.05. The van der Waals surface area contributed by atoms with Gasteiger partial charge in [0.05, 0.1) is 43.3 Å². The Morgan fingerprint density at radius 3 is 2.13 bits per heavy atom. The van der Waals surface area contributed by atoms with Crippen LogP contribution < -0.4 is 10.2 Å². The van der Waals surface area contributed by atoms with E-state index in [0.717, 1.165) is 23.6 Å². The minimum absolute atomic E-state index is 0.0155. The van der Waals surface area contributed by atoms with Gasteiger partial charge >= 0.3 is 17.9 Å². The third-order valence-electron chi connectivity index (χ3n) is 11.5. The number of anilines is 1. The summed E-state index contributed by atoms with van der Waals surface area (Å²) in [4.78, 5) is 90.6. The number of fused-ring (bicyclic) bond motifs is 1. The Morgan fingerprint density at radius 1 is 0.902 bits per heavy atom. The van der Waals surface area contributed by atoms with Crippen molar-refractivity contribution in [2.75, 3.05) is 117 Å². The molecular weight excluding hydrogens is 802 g/mol. The van der Waals surface area contributed by atoms with Crippen molar-refractivity contribution < 1.29 is 52.9 Å². The number of nitrogens with zero attached hydrogens (tertiary/aromatic N) is 9. The first-order chi connectivity index (χ1) is 29.0. The van der Waals surface area contributed by atoms with Crippen LogP contribution in [0.3, 0.4) is 0 Å². The molecule has 332 valence electrons. The van der Waals surface area contributed by atoms with E-state index >= 15 is 0 Å². The van der Waals surface area contributed by atoms with Gasteiger partial charge in [0.15, 0.2) is 0 Å². The molecule has 0 saturated carbocycles. The Hall–Kier alpha value is -5.56. The lowest BCUT2D eigenvalue weighted by atomic mass is 10.1. The molecule has 4 heterocycles. The highest BCUT2D eigenvalue weighted by Gasteiger charge is 2.47. The molecule has 3 amide bonds. The monoisotopic (exact) mass is 856 g/mol. The lowest BCUT2D eigenvalue weighted by Crippen LogP contribution is -2.50. The normalized spacial score (nSPS) is 19.9. The molecule has 1 aromatic heterocycles. The van der Waals surface area contributed by atoms with Crippen LogP contribution in [-0.4, -0.2) is 215 Å². The van der Waals surface area contributed by atoms with Crippen molar-refractivity contribution in [3.63, 3.8) is 0 Å². The van der Waals surface area contributed by atoms with E-state index in [-0.39, 0.29) is 63.6 Å². The minimum Gasteiger partial charge on any atom is -0.480 e. The average molecular weight is 857 g/mol. The maximum absolute atomic E-state index is 13.8. The van der Waals surface area contributed by atoms with Crippen LogP contribution in [0.1, 0.15) is 36.0 Å². The number of amides is 3. The third kappa shape index (κ3) is 13.2. The van der Waals surface area contributed by atoms with Crippen LogP contribution in [0.25, 0.3) is 10.9 Å². The quantitative estimate of drug-likeness (QED) is 0.164. The zero-order valence-corrected chi connectivity index (χ0v) is 34.3. The van der Waals surface area contributed by atoms with Crippen molar-refractivity contribution in [3.05, 3.63) is 36.0 Å². The lowest BCUT2D eigenvalue weighted by molar-refractivity contribution is -0.145. The molecule has 2 atom stereocenters. The number of aliphatic carboxylic acids is 3. The standard InChI is InChI=1S/C40H54F2N10O9/c1-46(28-3-4-32-31(21-28)30(7-8-44-32)38(59)45-24-35(54)52-27-40(41,42)22-29(52)23-43)9-2-10-47-13-19-51(20-14-47)34(53)6-5-33(39(60)61)50-17-15-48(25-36(55)56)11-12-49(16-18-50)26-37(57)58/h3-4,7-8,21,29,33H,2,5-6,9-20,22,24-27H2,1H3,(H,45,59)(H,55,56)(H,57,58)(H,60,61)/t29-,33?/m0/s1. The van der Waals surface area contributed by atoms with Gasteiger partial charge < -0.3 is 35.3 Å². The number of carbonyl (C=O) groups is 6. The molecule has 1 unspecified atom stereocenters. The largest absolute Gasteiger partial charge is 0.480 e. The highest BCUT2D eigenvalue weighted by Crippen LogP contribution is 2.31. The summed E-state index contributed by atoms with van der Waals surface area (Å²) in [7, 11) is 1.92. The van der Waals surface area contributed by atoms with Gasteiger partial charge in [0, 0.05) is 109 Å². The number of nitriles is 1. The molecule has 5 rings (SSSR count). The number of carbonyl (C=O) groups excluding carboxylic acids is 3. The van der Waals surface area contributed by atoms with Crippen LogP contribution in [0, 0.1) is 11.3 Å². The molecule has 4 N–H and O–H groups in total. The van der Waals surface area contributed by atoms with E-state index in [1.165, 1.54) is 12.3 Å². The molecule has 2 aromatic rings. The van der Waals surface area contributed by atoms with E-state index < -0.39 is 67.2 Å². The van der Waals surface area contributed by atoms with E-state index in [1.54, 1.807) is 31.7 Å². The second-order valence-electron chi connectivity index (χ2n) is 15.7. The maximum atomic E-state index is 13.8. The van der Waals surface area contributed by atoms with Gasteiger partial charge in [-0.15, -0.1) is 0 Å². The first-order valence-electron chi connectivity index (χ1n) is 20.3. The Kier molecular flexibility index (Phi) is 16.2. The van der Waals surface area contributed by atoms with Crippen LogP contribution in [0.4, 0.5) is 14.5 Å². The summed E-state index contributed by atoms with van der Waals surface area (Å²) in [5.41, 5.74) is 1.62. The Balaban J connectivity index is 1.07. The number of aromatic nitrogens is 1. The number of carboxylic acids is 3. The average Bonchev–Trinajstić information content (AvgIpc) is 3.59. The lowest BCUT2D eigenvalue weighted by Gasteiger charge is -2.36. The zero-order chi connectivity index (χ0) is 44.3. The number of rotatable bonds is 17. The van der Waals surface area contributed by atoms with Gasteiger partial charge in [-0.3, -0.25) is 53.4 Å². The van der Waals surface area contributed by atoms with Gasteiger partial charge in [0.25, 0.3) is 11.8 Å². The summed E-state index contributed by atoms with van der Waals surface area (Å²) in [6, 6.07) is 6.46. The van der Waals surface area contributed by atoms with Crippen LogP contribution in [0.15, 0.2) is 30.5 Å². The van der Waals surface area contributed by atoms with Crippen molar-refractivity contribution in [2.24, 2.45) is 0 Å². The number of piperazine rings is 1.